The first-order chi connectivity index (χ1) is 9.79. The van der Waals surface area contributed by atoms with Crippen LogP contribution in [0.25, 0.3) is 0 Å². The quantitative estimate of drug-likeness (QED) is 0.431. The summed E-state index contributed by atoms with van der Waals surface area (Å²) < 4.78 is 0. The number of fused-ring (bicyclic) bond motifs is 5. The van der Waals surface area contributed by atoms with Gasteiger partial charge in [-0.1, -0.05) is 36.5 Å². The molecule has 8 heteroatoms. The zero-order chi connectivity index (χ0) is 15.6. The van der Waals surface area contributed by atoms with E-state index in [2.05, 4.69) is 0 Å². The van der Waals surface area contributed by atoms with Crippen LogP contribution in [0.5, 0.6) is 0 Å². The Bertz CT molecular complexity index is 524. The van der Waals surface area contributed by atoms with Gasteiger partial charge in [0.05, 0.1) is 38.3 Å². The molecule has 2 amide bonds. The Labute approximate surface area is 142 Å². The largest absolute Gasteiger partial charge is 0.272 e. The minimum absolute atomic E-state index is 0.165. The Morgan fingerprint density at radius 2 is 1.62 bits per heavy atom. The second-order valence-corrected chi connectivity index (χ2v) is 7.75. The molecule has 2 fully saturated rings. The average Bonchev–Trinajstić information content (AvgIpc) is 2.90. The van der Waals surface area contributed by atoms with Gasteiger partial charge in [0.1, 0.15) is 0 Å². The number of allylic oxidation sites excluding steroid dienone is 2. The summed E-state index contributed by atoms with van der Waals surface area (Å²) in [4.78, 5) is 27.9. The molecule has 21 heavy (non-hydrogen) atoms. The van der Waals surface area contributed by atoms with Crippen molar-refractivity contribution in [3.05, 3.63) is 10.1 Å². The highest BCUT2D eigenvalue weighted by Gasteiger charge is 2.76. The molecule has 0 spiro atoms. The van der Waals surface area contributed by atoms with E-state index in [9.17, 15) is 9.59 Å². The lowest BCUT2D eigenvalue weighted by molar-refractivity contribution is -0.190. The maximum absolute atomic E-state index is 12.5. The van der Waals surface area contributed by atoms with Crippen molar-refractivity contribution < 1.29 is 14.4 Å². The molecule has 2 bridgehead atoms. The number of hydrogen-bond donors (Lipinski definition) is 0. The third kappa shape index (κ3) is 1.86. The predicted molar refractivity (Wildman–Crippen MR) is 80.2 cm³/mol. The van der Waals surface area contributed by atoms with E-state index < -0.39 is 33.4 Å². The normalized spacial score (nSPS) is 41.5. The highest BCUT2D eigenvalue weighted by atomic mass is 35.5. The van der Waals surface area contributed by atoms with Gasteiger partial charge in [-0.05, 0) is 12.8 Å². The van der Waals surface area contributed by atoms with E-state index in [1.165, 1.54) is 0 Å². The molecule has 4 atom stereocenters. The van der Waals surface area contributed by atoms with Crippen molar-refractivity contribution in [1.82, 2.24) is 5.06 Å². The molecular formula is C13H13Cl4NO3. The van der Waals surface area contributed by atoms with Crippen LogP contribution in [0.4, 0.5) is 0 Å². The minimum atomic E-state index is -1.21. The molecule has 116 valence electrons. The summed E-state index contributed by atoms with van der Waals surface area (Å²) in [6.07, 6.45) is 1.81. The molecular weight excluding hydrogens is 360 g/mol. The van der Waals surface area contributed by atoms with Gasteiger partial charge >= 0.3 is 0 Å². The minimum Gasteiger partial charge on any atom is -0.272 e. The Morgan fingerprint density at radius 3 is 2.05 bits per heavy atom. The third-order valence-electron chi connectivity index (χ3n) is 4.41. The summed E-state index contributed by atoms with van der Waals surface area (Å²) in [7, 11) is 0. The highest BCUT2D eigenvalue weighted by molar-refractivity contribution is 6.52. The Morgan fingerprint density at radius 1 is 1.14 bits per heavy atom. The molecule has 1 saturated heterocycles. The number of nitrogens with zero attached hydrogens (tertiary/aromatic N) is 1. The fourth-order valence-electron chi connectivity index (χ4n) is 3.38. The maximum atomic E-state index is 12.5. The number of carbonyl (C=O) groups is 2. The first-order valence-electron chi connectivity index (χ1n) is 6.73. The van der Waals surface area contributed by atoms with E-state index in [0.29, 0.717) is 0 Å². The van der Waals surface area contributed by atoms with E-state index in [1.54, 1.807) is 0 Å². The van der Waals surface area contributed by atoms with Crippen LogP contribution >= 0.6 is 46.4 Å². The van der Waals surface area contributed by atoms with Crippen LogP contribution in [0.1, 0.15) is 26.2 Å². The number of halogens is 4. The summed E-state index contributed by atoms with van der Waals surface area (Å²) >= 11 is 25.3. The number of amides is 2. The summed E-state index contributed by atoms with van der Waals surface area (Å²) in [6, 6.07) is 0. The van der Waals surface area contributed by atoms with Crippen LogP contribution in [0, 0.1) is 11.8 Å². The Balaban J connectivity index is 1.94. The SMILES string of the molecule is CCCCON1C(=O)[C@@H]2[C@@H](C1=O)[C@@]1(Cl)C[C@@]2(Cl)C(Cl)=C1Cl. The molecule has 2 aliphatic carbocycles. The molecule has 0 unspecified atom stereocenters. The predicted octanol–water partition coefficient (Wildman–Crippen LogP) is 3.38. The van der Waals surface area contributed by atoms with Crippen LogP contribution in [-0.4, -0.2) is 33.2 Å². The lowest BCUT2D eigenvalue weighted by atomic mass is 9.84. The van der Waals surface area contributed by atoms with Crippen molar-refractivity contribution in [3.63, 3.8) is 0 Å². The van der Waals surface area contributed by atoms with Crippen LogP contribution in [-0.2, 0) is 14.4 Å². The molecule has 0 aromatic rings. The van der Waals surface area contributed by atoms with Crippen LogP contribution < -0.4 is 0 Å². The van der Waals surface area contributed by atoms with E-state index in [4.69, 9.17) is 51.2 Å². The smallest absolute Gasteiger partial charge is 0.259 e. The molecule has 0 radical (unpaired) electrons. The molecule has 1 aliphatic heterocycles. The Hall–Kier alpha value is -0.000000000000000167. The Kier molecular flexibility index (Phi) is 3.78. The highest BCUT2D eigenvalue weighted by Crippen LogP contribution is 2.69. The van der Waals surface area contributed by atoms with Crippen LogP contribution in [0.3, 0.4) is 0 Å². The third-order valence-corrected chi connectivity index (χ3v) is 6.87. The van der Waals surface area contributed by atoms with Crippen molar-refractivity contribution in [2.45, 2.75) is 35.9 Å². The first-order valence-corrected chi connectivity index (χ1v) is 8.25. The van der Waals surface area contributed by atoms with E-state index >= 15 is 0 Å². The molecule has 3 aliphatic rings. The maximum Gasteiger partial charge on any atom is 0.259 e. The van der Waals surface area contributed by atoms with Crippen molar-refractivity contribution in [1.29, 1.82) is 0 Å². The van der Waals surface area contributed by atoms with E-state index in [-0.39, 0.29) is 23.1 Å². The standard InChI is InChI=1S/C13H13Cl4NO3/c1-2-3-4-21-18-10(19)6-7(11(18)20)13(17)5-12(6,16)8(14)9(13)15/h6-7H,2-5H2,1H3/t6-,7-,12-,13-/m0/s1. The molecule has 0 N–H and O–H groups in total. The number of rotatable bonds is 4. The molecule has 1 heterocycles. The molecule has 3 rings (SSSR count). The fraction of sp³-hybridized carbons (Fsp3) is 0.692. The van der Waals surface area contributed by atoms with E-state index in [0.717, 1.165) is 17.9 Å². The van der Waals surface area contributed by atoms with Crippen LogP contribution in [0.2, 0.25) is 0 Å². The number of hydrogen-bond acceptors (Lipinski definition) is 3. The van der Waals surface area contributed by atoms with Gasteiger partial charge in [-0.15, -0.1) is 23.2 Å². The van der Waals surface area contributed by atoms with Crippen LogP contribution in [0.15, 0.2) is 10.1 Å². The number of carbonyl (C=O) groups excluding carboxylic acids is 2. The summed E-state index contributed by atoms with van der Waals surface area (Å²) in [5.74, 6) is -2.61. The number of hydroxylamine groups is 2. The van der Waals surface area contributed by atoms with Crippen molar-refractivity contribution in [2.75, 3.05) is 6.61 Å². The molecule has 0 aromatic carbocycles. The second-order valence-electron chi connectivity index (χ2n) is 5.64. The van der Waals surface area contributed by atoms with Gasteiger partial charge < -0.3 is 0 Å². The molecule has 1 saturated carbocycles. The lowest BCUT2D eigenvalue weighted by Crippen LogP contribution is -2.38. The van der Waals surface area contributed by atoms with Crippen molar-refractivity contribution in [3.8, 4) is 0 Å². The van der Waals surface area contributed by atoms with E-state index in [1.807, 2.05) is 6.92 Å². The molecule has 4 nitrogen and oxygen atoms in total. The second kappa shape index (κ2) is 5.00. The van der Waals surface area contributed by atoms with Gasteiger partial charge in [-0.2, -0.15) is 5.06 Å². The van der Waals surface area contributed by atoms with Gasteiger partial charge in [-0.25, -0.2) is 0 Å². The molecule has 0 aromatic heterocycles. The van der Waals surface area contributed by atoms with Gasteiger partial charge in [0.2, 0.25) is 0 Å². The monoisotopic (exact) mass is 371 g/mol. The van der Waals surface area contributed by atoms with Crippen molar-refractivity contribution in [2.24, 2.45) is 11.8 Å². The van der Waals surface area contributed by atoms with Gasteiger partial charge in [0, 0.05) is 0 Å². The van der Waals surface area contributed by atoms with Gasteiger partial charge in [-0.3, -0.25) is 14.4 Å². The summed E-state index contributed by atoms with van der Waals surface area (Å²) in [5, 5.41) is 1.12. The van der Waals surface area contributed by atoms with Crippen molar-refractivity contribution >= 4 is 58.2 Å². The summed E-state index contributed by atoms with van der Waals surface area (Å²) in [5.41, 5.74) is 0. The number of imide groups is 1. The first kappa shape index (κ1) is 15.9. The summed E-state index contributed by atoms with van der Waals surface area (Å²) in [6.45, 7) is 2.27. The average molecular weight is 373 g/mol. The number of alkyl halides is 2. The zero-order valence-corrected chi connectivity index (χ0v) is 14.2. The number of unbranched alkanes of at least 4 members (excludes halogenated alkanes) is 1. The zero-order valence-electron chi connectivity index (χ0n) is 11.2. The topological polar surface area (TPSA) is 46.6 Å². The van der Waals surface area contributed by atoms with Gasteiger partial charge in [0.25, 0.3) is 11.8 Å². The fourth-order valence-corrected chi connectivity index (χ4v) is 5.30. The lowest BCUT2D eigenvalue weighted by Gasteiger charge is -2.28. The van der Waals surface area contributed by atoms with Gasteiger partial charge in [0.15, 0.2) is 0 Å².